The Hall–Kier alpha value is -2.75. The lowest BCUT2D eigenvalue weighted by Gasteiger charge is -2.60. The van der Waals surface area contributed by atoms with Gasteiger partial charge in [0.05, 0.1) is 11.1 Å². The molecule has 4 saturated carbocycles. The van der Waals surface area contributed by atoms with Crippen LogP contribution in [0.2, 0.25) is 0 Å². The van der Waals surface area contributed by atoms with E-state index in [1.807, 2.05) is 13.8 Å². The Morgan fingerprint density at radius 1 is 1.08 bits per heavy atom. The van der Waals surface area contributed by atoms with Gasteiger partial charge in [0.25, 0.3) is 0 Å². The molecule has 1 unspecified atom stereocenters. The number of nitrogens with zero attached hydrogens (tertiary/aromatic N) is 1. The first-order valence-electron chi connectivity index (χ1n) is 13.5. The molecule has 5 N–H and O–H groups in total. The van der Waals surface area contributed by atoms with Gasteiger partial charge in [0, 0.05) is 36.5 Å². The number of aliphatic carboxylic acids is 2. The number of carbonyl (C=O) groups excluding carboxylic acids is 2. The number of oxime groups is 1. The summed E-state index contributed by atoms with van der Waals surface area (Å²) in [7, 11) is 0. The highest BCUT2D eigenvalue weighted by Gasteiger charge is 2.62. The largest absolute Gasteiger partial charge is 0.478 e. The number of carboxylic acid groups (broad SMARTS) is 2. The first-order chi connectivity index (χ1) is 17.7. The van der Waals surface area contributed by atoms with Crippen LogP contribution >= 0.6 is 0 Å². The van der Waals surface area contributed by atoms with Gasteiger partial charge in [-0.1, -0.05) is 19.0 Å². The molecule has 0 spiro atoms. The van der Waals surface area contributed by atoms with Crippen LogP contribution in [0.5, 0.6) is 0 Å². The maximum absolute atomic E-state index is 12.6. The Morgan fingerprint density at radius 2 is 1.71 bits per heavy atom. The molecule has 4 fully saturated rings. The maximum atomic E-state index is 12.6. The topological polar surface area (TPSA) is 177 Å². The fourth-order valence-electron chi connectivity index (χ4n) is 7.56. The van der Waals surface area contributed by atoms with E-state index in [0.717, 1.165) is 44.2 Å². The van der Waals surface area contributed by atoms with Gasteiger partial charge < -0.3 is 25.9 Å². The molecule has 0 heterocycles. The molecule has 0 saturated heterocycles. The van der Waals surface area contributed by atoms with Crippen molar-refractivity contribution >= 4 is 29.4 Å². The number of Topliss-reactive ketones (excluding diaryl/α,β-unsaturated/α-hetero) is 1. The Balaban J connectivity index is 0.000000436. The van der Waals surface area contributed by atoms with E-state index in [4.69, 9.17) is 20.7 Å². The van der Waals surface area contributed by atoms with Crippen molar-refractivity contribution in [1.82, 2.24) is 0 Å². The van der Waals surface area contributed by atoms with E-state index in [0.29, 0.717) is 48.5 Å². The molecule has 0 bridgehead atoms. The third-order valence-corrected chi connectivity index (χ3v) is 9.97. The minimum absolute atomic E-state index is 0.0315. The summed E-state index contributed by atoms with van der Waals surface area (Å²) >= 11 is 0. The molecule has 10 nitrogen and oxygen atoms in total. The van der Waals surface area contributed by atoms with Crippen molar-refractivity contribution in [2.75, 3.05) is 6.54 Å². The molecular formula is C28H42N2O8. The average molecular weight is 535 g/mol. The number of carboxylic acids is 2. The van der Waals surface area contributed by atoms with Gasteiger partial charge in [-0.2, -0.15) is 0 Å². The summed E-state index contributed by atoms with van der Waals surface area (Å²) in [6.07, 6.45) is 7.96. The summed E-state index contributed by atoms with van der Waals surface area (Å²) in [5, 5.41) is 29.3. The lowest BCUT2D eigenvalue weighted by atomic mass is 9.44. The quantitative estimate of drug-likeness (QED) is 0.177. The van der Waals surface area contributed by atoms with Crippen LogP contribution in [0.4, 0.5) is 0 Å². The minimum Gasteiger partial charge on any atom is -0.478 e. The van der Waals surface area contributed by atoms with Crippen molar-refractivity contribution in [3.05, 3.63) is 12.2 Å². The van der Waals surface area contributed by atoms with E-state index < -0.39 is 17.4 Å². The van der Waals surface area contributed by atoms with E-state index in [2.05, 4.69) is 19.0 Å². The second-order valence-corrected chi connectivity index (χ2v) is 12.5. The third kappa shape index (κ3) is 5.65. The molecule has 212 valence electrons. The molecule has 7 atom stereocenters. The number of carbonyl (C=O) groups is 4. The summed E-state index contributed by atoms with van der Waals surface area (Å²) in [5.74, 6) is -0.852. The van der Waals surface area contributed by atoms with Gasteiger partial charge in [-0.15, -0.1) is 0 Å². The van der Waals surface area contributed by atoms with Crippen molar-refractivity contribution in [3.63, 3.8) is 0 Å². The number of hydrogen-bond donors (Lipinski definition) is 4. The van der Waals surface area contributed by atoms with E-state index in [9.17, 15) is 24.4 Å². The Labute approximate surface area is 223 Å². The van der Waals surface area contributed by atoms with Crippen LogP contribution in [-0.4, -0.2) is 57.5 Å². The standard InChI is InChI=1S/C24H38N2O4.C4H4O4/c1-22(2,13-25)21(28)30-14-7-9-23(3)17-8-10-24(4)16(5-6-20(24)27)15(17)12-19(26-29)18(23)11-14;5-3(6)1-2-4(7)8/h14-18,29H,5-13,25H2,1-4H3;1-2H,(H,5,6)(H,7,8)/b26-19+;2-1+/t14-,15-,16-,17-,18?,23+,24-;/m0./s1. The number of rotatable bonds is 5. The van der Waals surface area contributed by atoms with Gasteiger partial charge in [-0.3, -0.25) is 9.59 Å². The average Bonchev–Trinajstić information content (AvgIpc) is 3.17. The number of hydrogen-bond acceptors (Lipinski definition) is 8. The molecule has 0 aliphatic heterocycles. The highest BCUT2D eigenvalue weighted by molar-refractivity contribution is 5.90. The number of ether oxygens (including phenoxy) is 1. The van der Waals surface area contributed by atoms with E-state index in [1.54, 1.807) is 0 Å². The third-order valence-electron chi connectivity index (χ3n) is 9.97. The van der Waals surface area contributed by atoms with Crippen molar-refractivity contribution < 1.29 is 39.3 Å². The van der Waals surface area contributed by atoms with E-state index in [1.165, 1.54) is 0 Å². The summed E-state index contributed by atoms with van der Waals surface area (Å²) in [6, 6.07) is 0. The number of ketones is 1. The van der Waals surface area contributed by atoms with E-state index in [-0.39, 0.29) is 35.4 Å². The van der Waals surface area contributed by atoms with Gasteiger partial charge in [0.2, 0.25) is 0 Å². The number of fused-ring (bicyclic) bond motifs is 5. The SMILES string of the molecule is CC(C)(CN)C(=O)O[C@H]1CC[C@@]2(C)C(C1)/C(=N/O)C[C@@H]1[C@@H]2CC[C@]2(C)C(=O)CC[C@@H]12.O=C(O)/C=C/C(=O)O. The van der Waals surface area contributed by atoms with Crippen molar-refractivity contribution in [2.24, 2.45) is 50.8 Å². The van der Waals surface area contributed by atoms with Crippen LogP contribution < -0.4 is 5.73 Å². The van der Waals surface area contributed by atoms with Crippen LogP contribution in [0.3, 0.4) is 0 Å². The predicted octanol–water partition coefficient (Wildman–Crippen LogP) is 3.65. The molecule has 4 aliphatic rings. The highest BCUT2D eigenvalue weighted by Crippen LogP contribution is 2.65. The second-order valence-electron chi connectivity index (χ2n) is 12.5. The fourth-order valence-corrected chi connectivity index (χ4v) is 7.56. The molecular weight excluding hydrogens is 492 g/mol. The van der Waals surface area contributed by atoms with Crippen LogP contribution in [0.15, 0.2) is 17.3 Å². The second kappa shape index (κ2) is 11.2. The molecule has 0 radical (unpaired) electrons. The molecule has 0 aromatic heterocycles. The molecule has 38 heavy (non-hydrogen) atoms. The highest BCUT2D eigenvalue weighted by atomic mass is 16.5. The zero-order chi connectivity index (χ0) is 28.5. The Bertz CT molecular complexity index is 1000. The zero-order valence-electron chi connectivity index (χ0n) is 22.8. The van der Waals surface area contributed by atoms with Gasteiger partial charge >= 0.3 is 17.9 Å². The first-order valence-corrected chi connectivity index (χ1v) is 13.5. The Morgan fingerprint density at radius 3 is 2.26 bits per heavy atom. The summed E-state index contributed by atoms with van der Waals surface area (Å²) in [6.45, 7) is 8.40. The normalized spacial score (nSPS) is 37.4. The van der Waals surface area contributed by atoms with Crippen LogP contribution in [0.1, 0.15) is 79.1 Å². The predicted molar refractivity (Wildman–Crippen MR) is 138 cm³/mol. The van der Waals surface area contributed by atoms with Crippen LogP contribution in [0, 0.1) is 39.9 Å². The molecule has 0 amide bonds. The lowest BCUT2D eigenvalue weighted by Crippen LogP contribution is -2.57. The van der Waals surface area contributed by atoms with Crippen molar-refractivity contribution in [1.29, 1.82) is 0 Å². The summed E-state index contributed by atoms with van der Waals surface area (Å²) in [5.41, 5.74) is 5.75. The number of nitrogens with two attached hydrogens (primary N) is 1. The van der Waals surface area contributed by atoms with Crippen LogP contribution in [-0.2, 0) is 23.9 Å². The van der Waals surface area contributed by atoms with E-state index >= 15 is 0 Å². The van der Waals surface area contributed by atoms with Gasteiger partial charge in [-0.25, -0.2) is 9.59 Å². The van der Waals surface area contributed by atoms with Gasteiger partial charge in [-0.05, 0) is 82.0 Å². The van der Waals surface area contributed by atoms with Gasteiger partial charge in [0.15, 0.2) is 0 Å². The summed E-state index contributed by atoms with van der Waals surface area (Å²) < 4.78 is 5.87. The smallest absolute Gasteiger partial charge is 0.328 e. The van der Waals surface area contributed by atoms with Crippen molar-refractivity contribution in [3.8, 4) is 0 Å². The lowest BCUT2D eigenvalue weighted by molar-refractivity contribution is -0.165. The fraction of sp³-hybridized carbons (Fsp3) is 0.750. The first kappa shape index (κ1) is 29.8. The van der Waals surface area contributed by atoms with Gasteiger partial charge in [0.1, 0.15) is 11.9 Å². The summed E-state index contributed by atoms with van der Waals surface area (Å²) in [4.78, 5) is 44.3. The minimum atomic E-state index is -1.26. The van der Waals surface area contributed by atoms with Crippen molar-refractivity contribution in [2.45, 2.75) is 85.2 Å². The van der Waals surface area contributed by atoms with Crippen LogP contribution in [0.25, 0.3) is 0 Å². The maximum Gasteiger partial charge on any atom is 0.328 e. The monoisotopic (exact) mass is 534 g/mol. The molecule has 4 aliphatic carbocycles. The molecule has 0 aromatic carbocycles. The zero-order valence-corrected chi connectivity index (χ0v) is 22.8. The molecule has 0 aromatic rings. The molecule has 4 rings (SSSR count). The number of esters is 1. The molecule has 10 heteroatoms. The Kier molecular flexibility index (Phi) is 8.75.